The van der Waals surface area contributed by atoms with E-state index in [0.717, 1.165) is 53.5 Å². The summed E-state index contributed by atoms with van der Waals surface area (Å²) in [7, 11) is 0. The summed E-state index contributed by atoms with van der Waals surface area (Å²) in [5.41, 5.74) is 9.92. The van der Waals surface area contributed by atoms with Crippen molar-refractivity contribution in [1.29, 1.82) is 0 Å². The predicted octanol–water partition coefficient (Wildman–Crippen LogP) is 4.22. The van der Waals surface area contributed by atoms with Crippen LogP contribution in [-0.2, 0) is 0 Å². The molecule has 0 radical (unpaired) electrons. The maximum Gasteiger partial charge on any atom is 0.254 e. The lowest BCUT2D eigenvalue weighted by molar-refractivity contribution is 0.0625. The largest absolute Gasteiger partial charge is 0.334 e. The summed E-state index contributed by atoms with van der Waals surface area (Å²) in [5, 5.41) is 0.978. The molecule has 1 amide bonds. The zero-order chi connectivity index (χ0) is 16.7. The maximum atomic E-state index is 13.3. The molecule has 1 saturated carbocycles. The second kappa shape index (κ2) is 8.55. The molecule has 1 saturated heterocycles. The Kier molecular flexibility index (Phi) is 6.89. The van der Waals surface area contributed by atoms with Gasteiger partial charge in [-0.15, -0.1) is 24.8 Å². The molecule has 2 aromatic rings. The van der Waals surface area contributed by atoms with E-state index in [1.54, 1.807) is 0 Å². The lowest BCUT2D eigenvalue weighted by Crippen LogP contribution is -2.47. The normalized spacial score (nSPS) is 19.6. The van der Waals surface area contributed by atoms with E-state index in [-0.39, 0.29) is 36.8 Å². The van der Waals surface area contributed by atoms with Crippen LogP contribution in [0.2, 0.25) is 0 Å². The Balaban J connectivity index is 0.00000121. The third kappa shape index (κ3) is 3.98. The van der Waals surface area contributed by atoms with Crippen LogP contribution in [-0.4, -0.2) is 34.9 Å². The van der Waals surface area contributed by atoms with Crippen molar-refractivity contribution in [3.8, 4) is 0 Å². The molecule has 0 spiro atoms. The number of pyridine rings is 1. The summed E-state index contributed by atoms with van der Waals surface area (Å²) in [6.45, 7) is 3.42. The summed E-state index contributed by atoms with van der Waals surface area (Å²) in [5.74, 6) is 0.666. The molecule has 4 nitrogen and oxygen atoms in total. The number of amides is 1. The van der Waals surface area contributed by atoms with Crippen LogP contribution in [0, 0.1) is 6.92 Å². The Bertz CT molecular complexity index is 792. The fraction of sp³-hybridized carbons (Fsp3) is 0.500. The second-order valence-electron chi connectivity index (χ2n) is 7.27. The number of aryl methyl sites for hydroxylation is 1. The number of nitrogens with two attached hydrogens (primary N) is 1. The van der Waals surface area contributed by atoms with Gasteiger partial charge in [-0.2, -0.15) is 0 Å². The molecule has 1 atom stereocenters. The molecule has 2 N–H and O–H groups in total. The van der Waals surface area contributed by atoms with Crippen LogP contribution in [0.4, 0.5) is 0 Å². The molecule has 26 heavy (non-hydrogen) atoms. The van der Waals surface area contributed by atoms with Gasteiger partial charge in [-0.3, -0.25) is 9.78 Å². The molecule has 1 aromatic carbocycles. The number of fused-ring (bicyclic) bond motifs is 1. The molecule has 6 heteroatoms. The summed E-state index contributed by atoms with van der Waals surface area (Å²) >= 11 is 0. The van der Waals surface area contributed by atoms with Gasteiger partial charge >= 0.3 is 0 Å². The number of benzene rings is 1. The van der Waals surface area contributed by atoms with Gasteiger partial charge in [0.05, 0.1) is 11.1 Å². The lowest BCUT2D eigenvalue weighted by Gasteiger charge is -2.35. The first kappa shape index (κ1) is 20.9. The number of aromatic nitrogens is 1. The van der Waals surface area contributed by atoms with Crippen LogP contribution in [0.15, 0.2) is 24.3 Å². The number of nitrogens with zero attached hydrogens (tertiary/aromatic N) is 2. The van der Waals surface area contributed by atoms with Crippen LogP contribution >= 0.6 is 24.8 Å². The molecule has 1 aliphatic heterocycles. The molecule has 1 unspecified atom stereocenters. The summed E-state index contributed by atoms with van der Waals surface area (Å²) in [4.78, 5) is 20.1. The molecular formula is C20H27Cl2N3O. The van der Waals surface area contributed by atoms with Crippen LogP contribution in [0.1, 0.15) is 59.6 Å². The molecule has 1 aromatic heterocycles. The second-order valence-corrected chi connectivity index (χ2v) is 7.27. The molecule has 2 heterocycles. The first-order chi connectivity index (χ1) is 11.7. The highest BCUT2D eigenvalue weighted by atomic mass is 35.5. The number of piperidine rings is 1. The molecule has 2 aliphatic rings. The average molecular weight is 396 g/mol. The topological polar surface area (TPSA) is 59.2 Å². The summed E-state index contributed by atoms with van der Waals surface area (Å²) in [6, 6.07) is 8.43. The SMILES string of the molecule is Cc1ccc2nc(C3CC3)cc(C(=O)N3CCCCC3CN)c2c1.Cl.Cl. The van der Waals surface area contributed by atoms with E-state index < -0.39 is 0 Å². The smallest absolute Gasteiger partial charge is 0.254 e. The molecule has 0 bridgehead atoms. The van der Waals surface area contributed by atoms with Crippen LogP contribution < -0.4 is 5.73 Å². The Labute approximate surface area is 167 Å². The Morgan fingerprint density at radius 1 is 1.19 bits per heavy atom. The van der Waals surface area contributed by atoms with Crippen molar-refractivity contribution in [2.45, 2.75) is 51.0 Å². The van der Waals surface area contributed by atoms with E-state index in [0.29, 0.717) is 12.5 Å². The van der Waals surface area contributed by atoms with E-state index in [1.807, 2.05) is 17.0 Å². The van der Waals surface area contributed by atoms with E-state index in [1.165, 1.54) is 12.8 Å². The van der Waals surface area contributed by atoms with Gasteiger partial charge in [0.25, 0.3) is 5.91 Å². The number of carbonyl (C=O) groups is 1. The Morgan fingerprint density at radius 2 is 1.96 bits per heavy atom. The molecule has 142 valence electrons. The van der Waals surface area contributed by atoms with E-state index >= 15 is 0 Å². The standard InChI is InChI=1S/C20H25N3O.2ClH/c1-13-5-8-18-16(10-13)17(11-19(22-18)14-6-7-14)20(24)23-9-3-2-4-15(23)12-21;;/h5,8,10-11,14-15H,2-4,6-7,9,12,21H2,1H3;2*1H. The quantitative estimate of drug-likeness (QED) is 0.845. The minimum absolute atomic E-state index is 0. The van der Waals surface area contributed by atoms with E-state index in [2.05, 4.69) is 19.1 Å². The van der Waals surface area contributed by atoms with Gasteiger partial charge in [0, 0.05) is 36.1 Å². The van der Waals surface area contributed by atoms with Crippen LogP contribution in [0.5, 0.6) is 0 Å². The lowest BCUT2D eigenvalue weighted by atomic mass is 9.98. The van der Waals surface area contributed by atoms with Gasteiger partial charge in [0.2, 0.25) is 0 Å². The van der Waals surface area contributed by atoms with Crippen LogP contribution in [0.3, 0.4) is 0 Å². The minimum atomic E-state index is 0. The number of carbonyl (C=O) groups excluding carboxylic acids is 1. The highest BCUT2D eigenvalue weighted by Gasteiger charge is 2.30. The number of likely N-dealkylation sites (tertiary alicyclic amines) is 1. The van der Waals surface area contributed by atoms with Crippen molar-refractivity contribution in [1.82, 2.24) is 9.88 Å². The van der Waals surface area contributed by atoms with Crippen molar-refractivity contribution in [2.75, 3.05) is 13.1 Å². The van der Waals surface area contributed by atoms with E-state index in [9.17, 15) is 4.79 Å². The Hall–Kier alpha value is -1.36. The first-order valence-electron chi connectivity index (χ1n) is 9.09. The van der Waals surface area contributed by atoms with Gasteiger partial charge < -0.3 is 10.6 Å². The third-order valence-electron chi connectivity index (χ3n) is 5.37. The van der Waals surface area contributed by atoms with Crippen molar-refractivity contribution < 1.29 is 4.79 Å². The monoisotopic (exact) mass is 395 g/mol. The van der Waals surface area contributed by atoms with Gasteiger partial charge in [-0.1, -0.05) is 11.6 Å². The predicted molar refractivity (Wildman–Crippen MR) is 111 cm³/mol. The maximum absolute atomic E-state index is 13.3. The fourth-order valence-electron chi connectivity index (χ4n) is 3.79. The molecule has 1 aliphatic carbocycles. The highest BCUT2D eigenvalue weighted by Crippen LogP contribution is 2.40. The zero-order valence-electron chi connectivity index (χ0n) is 15.1. The number of rotatable bonds is 3. The molecule has 2 fully saturated rings. The molecular weight excluding hydrogens is 369 g/mol. The Morgan fingerprint density at radius 3 is 2.65 bits per heavy atom. The first-order valence-corrected chi connectivity index (χ1v) is 9.09. The van der Waals surface area contributed by atoms with Crippen molar-refractivity contribution >= 4 is 41.6 Å². The van der Waals surface area contributed by atoms with Crippen molar-refractivity contribution in [3.05, 3.63) is 41.1 Å². The highest BCUT2D eigenvalue weighted by molar-refractivity contribution is 6.06. The van der Waals surface area contributed by atoms with Gasteiger partial charge in [-0.25, -0.2) is 0 Å². The number of hydrogen-bond donors (Lipinski definition) is 1. The number of hydrogen-bond acceptors (Lipinski definition) is 3. The van der Waals surface area contributed by atoms with Gasteiger partial charge in [0.1, 0.15) is 0 Å². The molecule has 4 rings (SSSR count). The zero-order valence-corrected chi connectivity index (χ0v) is 16.7. The average Bonchev–Trinajstić information content (AvgIpc) is 3.45. The van der Waals surface area contributed by atoms with Crippen molar-refractivity contribution in [3.63, 3.8) is 0 Å². The summed E-state index contributed by atoms with van der Waals surface area (Å²) in [6.07, 6.45) is 5.62. The van der Waals surface area contributed by atoms with Crippen LogP contribution in [0.25, 0.3) is 10.9 Å². The number of halogens is 2. The van der Waals surface area contributed by atoms with E-state index in [4.69, 9.17) is 10.7 Å². The minimum Gasteiger partial charge on any atom is -0.334 e. The fourth-order valence-corrected chi connectivity index (χ4v) is 3.79. The van der Waals surface area contributed by atoms with Crippen molar-refractivity contribution in [2.24, 2.45) is 5.73 Å². The summed E-state index contributed by atoms with van der Waals surface area (Å²) < 4.78 is 0. The van der Waals surface area contributed by atoms with Gasteiger partial charge in [-0.05, 0) is 57.2 Å². The third-order valence-corrected chi connectivity index (χ3v) is 5.37. The van der Waals surface area contributed by atoms with Gasteiger partial charge in [0.15, 0.2) is 0 Å².